The van der Waals surface area contributed by atoms with E-state index in [1.807, 2.05) is 0 Å². The number of carbonyl (C=O) groups is 5. The minimum Gasteiger partial charge on any atom is -0.439 e. The molecule has 0 atom stereocenters. The largest absolute Gasteiger partial charge is 0.439 e. The van der Waals surface area contributed by atoms with Crippen LogP contribution in [-0.2, 0) is 23.9 Å². The van der Waals surface area contributed by atoms with E-state index in [4.69, 9.17) is 4.74 Å². The number of rotatable bonds is 3. The summed E-state index contributed by atoms with van der Waals surface area (Å²) in [5.41, 5.74) is 0. The number of ether oxygens (including phenoxy) is 1. The normalized spacial score (nSPS) is 23.0. The summed E-state index contributed by atoms with van der Waals surface area (Å²) in [4.78, 5) is 62.1. The monoisotopic (exact) mass is 323 g/mol. The third-order valence-corrected chi connectivity index (χ3v) is 4.42. The zero-order valence-electron chi connectivity index (χ0n) is 12.5. The first kappa shape index (κ1) is 15.4. The molecule has 3 aliphatic rings. The fraction of sp³-hybridized carbons (Fsp3) is 0.643. The Morgan fingerprint density at radius 3 is 2.13 bits per heavy atom. The van der Waals surface area contributed by atoms with Crippen LogP contribution in [0.3, 0.4) is 0 Å². The number of nitrogens with zero attached hydrogens (tertiary/aromatic N) is 3. The Hall–Kier alpha value is -2.45. The smallest absolute Gasteiger partial charge is 0.417 e. The van der Waals surface area contributed by atoms with Gasteiger partial charge in [0.15, 0.2) is 6.61 Å². The third kappa shape index (κ3) is 2.90. The van der Waals surface area contributed by atoms with Crippen molar-refractivity contribution in [2.75, 3.05) is 26.2 Å². The summed E-state index contributed by atoms with van der Waals surface area (Å²) in [6.07, 6.45) is 0.622. The van der Waals surface area contributed by atoms with Gasteiger partial charge < -0.3 is 9.64 Å². The van der Waals surface area contributed by atoms with Crippen LogP contribution in [0.1, 0.15) is 25.7 Å². The lowest BCUT2D eigenvalue weighted by molar-refractivity contribution is -0.146. The number of hydrogen-bond acceptors (Lipinski definition) is 6. The molecule has 0 spiro atoms. The maximum Gasteiger partial charge on any atom is 0.417 e. The first-order valence-corrected chi connectivity index (χ1v) is 7.57. The molecular formula is C14H17N3O6. The van der Waals surface area contributed by atoms with Gasteiger partial charge in [-0.25, -0.2) is 9.69 Å². The van der Waals surface area contributed by atoms with Crippen molar-refractivity contribution in [2.24, 2.45) is 0 Å². The van der Waals surface area contributed by atoms with Crippen LogP contribution in [0.5, 0.6) is 0 Å². The molecule has 23 heavy (non-hydrogen) atoms. The Balaban J connectivity index is 1.53. The summed E-state index contributed by atoms with van der Waals surface area (Å²) < 4.78 is 4.69. The maximum atomic E-state index is 12.2. The van der Waals surface area contributed by atoms with Crippen molar-refractivity contribution in [2.45, 2.75) is 31.7 Å². The average molecular weight is 323 g/mol. The van der Waals surface area contributed by atoms with Crippen molar-refractivity contribution in [1.82, 2.24) is 14.7 Å². The molecule has 0 radical (unpaired) electrons. The number of carbonyl (C=O) groups excluding carboxylic acids is 5. The van der Waals surface area contributed by atoms with Gasteiger partial charge in [0.25, 0.3) is 5.91 Å². The van der Waals surface area contributed by atoms with Gasteiger partial charge in [0.2, 0.25) is 17.7 Å². The van der Waals surface area contributed by atoms with E-state index in [9.17, 15) is 24.0 Å². The van der Waals surface area contributed by atoms with Crippen molar-refractivity contribution < 1.29 is 28.7 Å². The molecule has 3 heterocycles. The van der Waals surface area contributed by atoms with Crippen LogP contribution in [0.4, 0.5) is 4.79 Å². The van der Waals surface area contributed by atoms with Crippen molar-refractivity contribution in [3.05, 3.63) is 0 Å². The fourth-order valence-electron chi connectivity index (χ4n) is 3.13. The first-order valence-electron chi connectivity index (χ1n) is 7.57. The average Bonchev–Trinajstić information content (AvgIpc) is 3.03. The molecular weight excluding hydrogens is 306 g/mol. The Bertz CT molecular complexity index is 549. The molecule has 5 amide bonds. The lowest BCUT2D eigenvalue weighted by atomic mass is 10.0. The molecule has 0 N–H and O–H groups in total. The van der Waals surface area contributed by atoms with Crippen LogP contribution in [-0.4, -0.2) is 76.7 Å². The van der Waals surface area contributed by atoms with E-state index in [-0.39, 0.29) is 55.7 Å². The summed E-state index contributed by atoms with van der Waals surface area (Å²) in [7, 11) is 0. The molecule has 0 saturated carbocycles. The molecule has 0 aromatic carbocycles. The predicted molar refractivity (Wildman–Crippen MR) is 73.8 cm³/mol. The fourth-order valence-corrected chi connectivity index (χ4v) is 3.13. The molecule has 3 fully saturated rings. The van der Waals surface area contributed by atoms with Crippen molar-refractivity contribution in [3.63, 3.8) is 0 Å². The van der Waals surface area contributed by atoms with Crippen LogP contribution in [0, 0.1) is 0 Å². The van der Waals surface area contributed by atoms with Gasteiger partial charge in [0.05, 0.1) is 0 Å². The van der Waals surface area contributed by atoms with Gasteiger partial charge in [0.1, 0.15) is 6.54 Å². The van der Waals surface area contributed by atoms with E-state index >= 15 is 0 Å². The summed E-state index contributed by atoms with van der Waals surface area (Å²) in [5, 5.41) is 0. The predicted octanol–water partition coefficient (Wildman–Crippen LogP) is -0.895. The Labute approximate surface area is 132 Å². The quantitative estimate of drug-likeness (QED) is 0.624. The van der Waals surface area contributed by atoms with Gasteiger partial charge in [-0.05, 0) is 12.8 Å². The second-order valence-electron chi connectivity index (χ2n) is 5.80. The lowest BCUT2D eigenvalue weighted by Gasteiger charge is -2.35. The Morgan fingerprint density at radius 2 is 1.61 bits per heavy atom. The Kier molecular flexibility index (Phi) is 4.01. The van der Waals surface area contributed by atoms with E-state index in [2.05, 4.69) is 0 Å². The number of imide groups is 2. The highest BCUT2D eigenvalue weighted by Crippen LogP contribution is 2.21. The van der Waals surface area contributed by atoms with Crippen LogP contribution < -0.4 is 0 Å². The minimum atomic E-state index is -0.631. The topological polar surface area (TPSA) is 104 Å². The molecule has 9 heteroatoms. The van der Waals surface area contributed by atoms with Crippen LogP contribution in [0.25, 0.3) is 0 Å². The van der Waals surface area contributed by atoms with E-state index in [0.717, 1.165) is 9.80 Å². The lowest BCUT2D eigenvalue weighted by Crippen LogP contribution is -2.50. The van der Waals surface area contributed by atoms with E-state index < -0.39 is 6.09 Å². The highest BCUT2D eigenvalue weighted by atomic mass is 16.6. The minimum absolute atomic E-state index is 0.160. The molecule has 3 saturated heterocycles. The molecule has 3 rings (SSSR count). The van der Waals surface area contributed by atoms with Crippen LogP contribution in [0.2, 0.25) is 0 Å². The zero-order chi connectivity index (χ0) is 16.6. The van der Waals surface area contributed by atoms with Crippen LogP contribution >= 0.6 is 0 Å². The summed E-state index contributed by atoms with van der Waals surface area (Å²) in [6.45, 7) is 0.289. The molecule has 0 aliphatic carbocycles. The highest BCUT2D eigenvalue weighted by molar-refractivity contribution is 6.04. The molecule has 0 bridgehead atoms. The standard InChI is InChI=1S/C14H17N3O6/c18-10-1-2-11(19)16(10)7-12(20)15-5-3-9(4-6-15)17-13(21)8-23-14(17)22/h9H,1-8H2. The van der Waals surface area contributed by atoms with Gasteiger partial charge in [0, 0.05) is 32.0 Å². The molecule has 124 valence electrons. The van der Waals surface area contributed by atoms with Crippen molar-refractivity contribution in [1.29, 1.82) is 0 Å². The highest BCUT2D eigenvalue weighted by Gasteiger charge is 2.39. The zero-order valence-corrected chi connectivity index (χ0v) is 12.5. The number of hydrogen-bond donors (Lipinski definition) is 0. The van der Waals surface area contributed by atoms with Gasteiger partial charge in [-0.3, -0.25) is 24.1 Å². The van der Waals surface area contributed by atoms with Gasteiger partial charge in [-0.15, -0.1) is 0 Å². The molecule has 0 aromatic heterocycles. The van der Waals surface area contributed by atoms with E-state index in [0.29, 0.717) is 25.9 Å². The summed E-state index contributed by atoms with van der Waals surface area (Å²) >= 11 is 0. The van der Waals surface area contributed by atoms with Crippen LogP contribution in [0.15, 0.2) is 0 Å². The van der Waals surface area contributed by atoms with Crippen molar-refractivity contribution >= 4 is 29.7 Å². The third-order valence-electron chi connectivity index (χ3n) is 4.42. The second-order valence-corrected chi connectivity index (χ2v) is 5.80. The summed E-state index contributed by atoms with van der Waals surface area (Å²) in [6, 6.07) is -0.267. The van der Waals surface area contributed by atoms with Crippen molar-refractivity contribution in [3.8, 4) is 0 Å². The molecule has 9 nitrogen and oxygen atoms in total. The number of piperidine rings is 1. The van der Waals surface area contributed by atoms with Gasteiger partial charge >= 0.3 is 6.09 Å². The maximum absolute atomic E-state index is 12.2. The summed E-state index contributed by atoms with van der Waals surface area (Å²) in [5.74, 6) is -1.28. The molecule has 0 aromatic rings. The second kappa shape index (κ2) is 5.98. The van der Waals surface area contributed by atoms with Gasteiger partial charge in [-0.2, -0.15) is 0 Å². The number of amides is 5. The van der Waals surface area contributed by atoms with E-state index in [1.54, 1.807) is 4.90 Å². The first-order chi connectivity index (χ1) is 11.0. The molecule has 3 aliphatic heterocycles. The van der Waals surface area contributed by atoms with Gasteiger partial charge in [-0.1, -0.05) is 0 Å². The van der Waals surface area contributed by atoms with E-state index in [1.165, 1.54) is 0 Å². The SMILES string of the molecule is O=C(CN1C(=O)CCC1=O)N1CCC(N2C(=O)COC2=O)CC1. The molecule has 0 unspecified atom stereocenters. The number of likely N-dealkylation sites (tertiary alicyclic amines) is 2. The Morgan fingerprint density at radius 1 is 1.00 bits per heavy atom. The number of cyclic esters (lactones) is 1.